The van der Waals surface area contributed by atoms with E-state index in [2.05, 4.69) is 0 Å². The number of thiol groups is 1. The summed E-state index contributed by atoms with van der Waals surface area (Å²) in [6, 6.07) is 9.72. The van der Waals surface area contributed by atoms with E-state index in [0.717, 1.165) is 4.90 Å². The molecule has 12 heavy (non-hydrogen) atoms. The van der Waals surface area contributed by atoms with E-state index in [0.29, 0.717) is 0 Å². The van der Waals surface area contributed by atoms with Gasteiger partial charge in [0.05, 0.1) is 0 Å². The van der Waals surface area contributed by atoms with Crippen LogP contribution in [-0.2, 0) is 9.93 Å². The first kappa shape index (κ1) is 9.46. The summed E-state index contributed by atoms with van der Waals surface area (Å²) < 4.78 is 12.1. The van der Waals surface area contributed by atoms with Crippen molar-refractivity contribution in [3.63, 3.8) is 0 Å². The Hall–Kier alpha value is -0.630. The number of hydrogen-bond acceptors (Lipinski definition) is 1. The van der Waals surface area contributed by atoms with Crippen LogP contribution in [0.4, 0.5) is 0 Å². The molecule has 0 radical (unpaired) electrons. The maximum absolute atomic E-state index is 12.1. The van der Waals surface area contributed by atoms with E-state index in [-0.39, 0.29) is 5.25 Å². The maximum atomic E-state index is 12.1. The standard InChI is InChI=1S/C10H16OS/c1-9(2)12(3,11)10-7-5-4-6-8-10/h4-9,12H,1-3H3. The first-order valence-corrected chi connectivity index (χ1v) is 6.40. The molecule has 1 rings (SSSR count). The molecular formula is C10H16OS. The summed E-state index contributed by atoms with van der Waals surface area (Å²) in [6.07, 6.45) is 1.85. The number of benzene rings is 1. The molecule has 0 fully saturated rings. The highest BCUT2D eigenvalue weighted by molar-refractivity contribution is 8.03. The van der Waals surface area contributed by atoms with Crippen molar-refractivity contribution in [3.05, 3.63) is 30.3 Å². The van der Waals surface area contributed by atoms with Gasteiger partial charge in [0.1, 0.15) is 0 Å². The molecule has 0 N–H and O–H groups in total. The second-order valence-corrected chi connectivity index (χ2v) is 6.95. The van der Waals surface area contributed by atoms with Crippen LogP contribution in [0.15, 0.2) is 35.2 Å². The van der Waals surface area contributed by atoms with E-state index in [1.165, 1.54) is 0 Å². The molecule has 1 nitrogen and oxygen atoms in total. The molecular weight excluding hydrogens is 168 g/mol. The molecule has 0 bridgehead atoms. The van der Waals surface area contributed by atoms with Crippen molar-refractivity contribution in [1.82, 2.24) is 0 Å². The lowest BCUT2D eigenvalue weighted by atomic mass is 10.4. The average Bonchev–Trinajstić information content (AvgIpc) is 2.06. The molecule has 0 atom stereocenters. The van der Waals surface area contributed by atoms with Crippen LogP contribution in [0.5, 0.6) is 0 Å². The molecule has 1 aromatic rings. The molecule has 68 valence electrons. The predicted molar refractivity (Wildman–Crippen MR) is 55.3 cm³/mol. The average molecular weight is 184 g/mol. The van der Waals surface area contributed by atoms with Crippen molar-refractivity contribution < 1.29 is 4.21 Å². The van der Waals surface area contributed by atoms with Gasteiger partial charge in [-0.15, -0.1) is 0 Å². The van der Waals surface area contributed by atoms with Crippen molar-refractivity contribution in [2.45, 2.75) is 24.0 Å². The number of hydrogen-bond donors (Lipinski definition) is 1. The summed E-state index contributed by atoms with van der Waals surface area (Å²) in [4.78, 5) is 0.986. The van der Waals surface area contributed by atoms with Gasteiger partial charge >= 0.3 is 0 Å². The molecule has 0 aromatic heterocycles. The van der Waals surface area contributed by atoms with Gasteiger partial charge in [0.25, 0.3) is 0 Å². The highest BCUT2D eigenvalue weighted by Gasteiger charge is 2.15. The van der Waals surface area contributed by atoms with Crippen molar-refractivity contribution in [2.24, 2.45) is 0 Å². The van der Waals surface area contributed by atoms with Crippen LogP contribution >= 0.6 is 0 Å². The molecule has 0 saturated heterocycles. The first-order chi connectivity index (χ1) is 5.55. The lowest BCUT2D eigenvalue weighted by Crippen LogP contribution is -2.21. The highest BCUT2D eigenvalue weighted by atomic mass is 32.2. The minimum absolute atomic E-state index is 0.236. The topological polar surface area (TPSA) is 17.1 Å². The Balaban J connectivity index is 3.07. The number of rotatable bonds is 2. The summed E-state index contributed by atoms with van der Waals surface area (Å²) >= 11 is 0. The van der Waals surface area contributed by atoms with Gasteiger partial charge in [-0.25, -0.2) is 0 Å². The van der Waals surface area contributed by atoms with Gasteiger partial charge in [0, 0.05) is 10.1 Å². The summed E-state index contributed by atoms with van der Waals surface area (Å²) in [7, 11) is -2.12. The fraction of sp³-hybridized carbons (Fsp3) is 0.400. The van der Waals surface area contributed by atoms with E-state index < -0.39 is 9.93 Å². The van der Waals surface area contributed by atoms with Crippen molar-refractivity contribution in [1.29, 1.82) is 0 Å². The third-order valence-electron chi connectivity index (χ3n) is 2.25. The molecule has 0 heterocycles. The molecule has 0 unspecified atom stereocenters. The smallest absolute Gasteiger partial charge is 0.0147 e. The van der Waals surface area contributed by atoms with Gasteiger partial charge in [0.15, 0.2) is 0 Å². The Kier molecular flexibility index (Phi) is 2.68. The lowest BCUT2D eigenvalue weighted by Gasteiger charge is -2.22. The molecule has 0 amide bonds. The Morgan fingerprint density at radius 1 is 1.17 bits per heavy atom. The summed E-state index contributed by atoms with van der Waals surface area (Å²) in [5, 5.41) is 0.236. The van der Waals surface area contributed by atoms with Gasteiger partial charge in [-0.05, 0) is 18.4 Å². The van der Waals surface area contributed by atoms with Crippen LogP contribution in [0.25, 0.3) is 0 Å². The minimum atomic E-state index is -2.12. The third kappa shape index (κ3) is 1.75. The Bertz CT molecular complexity index is 290. The van der Waals surface area contributed by atoms with E-state index in [9.17, 15) is 4.21 Å². The highest BCUT2D eigenvalue weighted by Crippen LogP contribution is 2.20. The second kappa shape index (κ2) is 3.40. The predicted octanol–water partition coefficient (Wildman–Crippen LogP) is 2.10. The maximum Gasteiger partial charge on any atom is 0.0147 e. The summed E-state index contributed by atoms with van der Waals surface area (Å²) in [5.74, 6) is 0. The van der Waals surface area contributed by atoms with Gasteiger partial charge in [0.2, 0.25) is 0 Å². The monoisotopic (exact) mass is 184 g/mol. The SMILES string of the molecule is CC(C)[SH](C)(=O)c1ccccc1. The van der Waals surface area contributed by atoms with Gasteiger partial charge in [-0.1, -0.05) is 42.0 Å². The lowest BCUT2D eigenvalue weighted by molar-refractivity contribution is 0.667. The van der Waals surface area contributed by atoms with Gasteiger partial charge < -0.3 is 0 Å². The van der Waals surface area contributed by atoms with Crippen LogP contribution < -0.4 is 0 Å². The minimum Gasteiger partial charge on any atom is -0.280 e. The van der Waals surface area contributed by atoms with Crippen molar-refractivity contribution >= 4 is 9.93 Å². The summed E-state index contributed by atoms with van der Waals surface area (Å²) in [5.41, 5.74) is 0. The van der Waals surface area contributed by atoms with E-state index in [4.69, 9.17) is 0 Å². The molecule has 1 aromatic carbocycles. The van der Waals surface area contributed by atoms with Gasteiger partial charge in [-0.3, -0.25) is 4.21 Å². The molecule has 0 aliphatic rings. The van der Waals surface area contributed by atoms with Crippen molar-refractivity contribution in [2.75, 3.05) is 6.26 Å². The second-order valence-electron chi connectivity index (χ2n) is 3.42. The normalized spacial score (nSPS) is 13.3. The van der Waals surface area contributed by atoms with Gasteiger partial charge in [-0.2, -0.15) is 0 Å². The zero-order valence-corrected chi connectivity index (χ0v) is 8.71. The molecule has 0 aliphatic heterocycles. The summed E-state index contributed by atoms with van der Waals surface area (Å²) in [6.45, 7) is 4.02. The van der Waals surface area contributed by atoms with Crippen LogP contribution in [0.1, 0.15) is 13.8 Å². The Labute approximate surface area is 75.2 Å². The van der Waals surface area contributed by atoms with Crippen molar-refractivity contribution in [3.8, 4) is 0 Å². The Morgan fingerprint density at radius 2 is 1.67 bits per heavy atom. The van der Waals surface area contributed by atoms with Crippen LogP contribution in [0.3, 0.4) is 0 Å². The van der Waals surface area contributed by atoms with Crippen LogP contribution in [0, 0.1) is 0 Å². The van der Waals surface area contributed by atoms with Crippen LogP contribution in [-0.4, -0.2) is 15.7 Å². The largest absolute Gasteiger partial charge is 0.280 e. The molecule has 2 heteroatoms. The fourth-order valence-corrected chi connectivity index (χ4v) is 2.38. The quantitative estimate of drug-likeness (QED) is 0.697. The molecule has 0 saturated carbocycles. The van der Waals surface area contributed by atoms with E-state index >= 15 is 0 Å². The first-order valence-electron chi connectivity index (χ1n) is 4.18. The molecule has 0 spiro atoms. The fourth-order valence-electron chi connectivity index (χ4n) is 1.02. The zero-order chi connectivity index (χ0) is 9.19. The van der Waals surface area contributed by atoms with E-state index in [1.54, 1.807) is 0 Å². The molecule has 0 aliphatic carbocycles. The van der Waals surface area contributed by atoms with Crippen LogP contribution in [0.2, 0.25) is 0 Å². The Morgan fingerprint density at radius 3 is 2.08 bits per heavy atom. The zero-order valence-electron chi connectivity index (χ0n) is 7.82. The third-order valence-corrected chi connectivity index (χ3v) is 5.55. The van der Waals surface area contributed by atoms with E-state index in [1.807, 2.05) is 50.4 Å².